The molecule has 0 aromatic heterocycles. The largest absolute Gasteiger partial charge is 0.342 e. The summed E-state index contributed by atoms with van der Waals surface area (Å²) in [4.78, 5) is 27.5. The van der Waals surface area contributed by atoms with Crippen LogP contribution in [0, 0.1) is 5.92 Å². The lowest BCUT2D eigenvalue weighted by Crippen LogP contribution is -2.44. The summed E-state index contributed by atoms with van der Waals surface area (Å²) in [5, 5.41) is 5.66. The summed E-state index contributed by atoms with van der Waals surface area (Å²) in [5.74, 6) is -0.242. The van der Waals surface area contributed by atoms with E-state index in [0.717, 1.165) is 29.2 Å². The van der Waals surface area contributed by atoms with Gasteiger partial charge < -0.3 is 10.2 Å². The Morgan fingerprint density at radius 2 is 1.76 bits per heavy atom. The summed E-state index contributed by atoms with van der Waals surface area (Å²) in [6, 6.07) is 21.3. The van der Waals surface area contributed by atoms with E-state index in [4.69, 9.17) is 11.6 Å². The number of nitrogens with one attached hydrogen (secondary N) is 1. The van der Waals surface area contributed by atoms with Crippen molar-refractivity contribution in [2.24, 2.45) is 5.92 Å². The number of likely N-dealkylation sites (tertiary alicyclic amines) is 1. The van der Waals surface area contributed by atoms with Crippen molar-refractivity contribution in [2.75, 3.05) is 18.4 Å². The molecule has 0 aliphatic carbocycles. The van der Waals surface area contributed by atoms with Crippen molar-refractivity contribution in [1.82, 2.24) is 4.90 Å². The van der Waals surface area contributed by atoms with Gasteiger partial charge in [-0.05, 0) is 41.3 Å². The zero-order chi connectivity index (χ0) is 20.2. The Morgan fingerprint density at radius 1 is 1.00 bits per heavy atom. The van der Waals surface area contributed by atoms with Gasteiger partial charge in [-0.2, -0.15) is 0 Å². The molecule has 1 saturated heterocycles. The van der Waals surface area contributed by atoms with Crippen LogP contribution in [-0.2, 0) is 16.0 Å². The van der Waals surface area contributed by atoms with Gasteiger partial charge in [-0.15, -0.1) is 0 Å². The molecule has 0 saturated carbocycles. The molecule has 148 valence electrons. The Morgan fingerprint density at radius 3 is 2.62 bits per heavy atom. The summed E-state index contributed by atoms with van der Waals surface area (Å²) in [5.41, 5.74) is 1.63. The Labute approximate surface area is 175 Å². The van der Waals surface area contributed by atoms with Crippen molar-refractivity contribution < 1.29 is 9.59 Å². The van der Waals surface area contributed by atoms with E-state index in [1.165, 1.54) is 0 Å². The van der Waals surface area contributed by atoms with Crippen molar-refractivity contribution >= 4 is 39.9 Å². The minimum atomic E-state index is -0.225. The Hall–Kier alpha value is -2.85. The quantitative estimate of drug-likeness (QED) is 0.669. The number of hydrogen-bond donors (Lipinski definition) is 1. The van der Waals surface area contributed by atoms with Crippen LogP contribution in [0.15, 0.2) is 66.7 Å². The highest BCUT2D eigenvalue weighted by Gasteiger charge is 2.28. The maximum atomic E-state index is 13.0. The van der Waals surface area contributed by atoms with E-state index in [1.54, 1.807) is 12.1 Å². The van der Waals surface area contributed by atoms with Gasteiger partial charge in [-0.25, -0.2) is 0 Å². The van der Waals surface area contributed by atoms with Gasteiger partial charge in [0.25, 0.3) is 0 Å². The van der Waals surface area contributed by atoms with Crippen LogP contribution in [-0.4, -0.2) is 29.8 Å². The van der Waals surface area contributed by atoms with Gasteiger partial charge in [0.1, 0.15) is 0 Å². The Bertz CT molecular complexity index is 1040. The molecule has 4 rings (SSSR count). The van der Waals surface area contributed by atoms with Crippen LogP contribution < -0.4 is 5.32 Å². The third kappa shape index (κ3) is 4.43. The molecule has 1 unspecified atom stereocenters. The number of para-hydroxylation sites is 1. The second-order valence-electron chi connectivity index (χ2n) is 7.46. The number of amides is 2. The third-order valence-electron chi connectivity index (χ3n) is 5.50. The normalized spacial score (nSPS) is 16.6. The lowest BCUT2D eigenvalue weighted by molar-refractivity contribution is -0.133. The fraction of sp³-hybridized carbons (Fsp3) is 0.250. The molecule has 0 radical (unpaired) electrons. The number of benzene rings is 3. The van der Waals surface area contributed by atoms with E-state index in [2.05, 4.69) is 17.4 Å². The number of hydrogen-bond acceptors (Lipinski definition) is 2. The lowest BCUT2D eigenvalue weighted by Gasteiger charge is -2.32. The molecule has 2 amide bonds. The maximum absolute atomic E-state index is 13.0. The summed E-state index contributed by atoms with van der Waals surface area (Å²) < 4.78 is 0. The summed E-state index contributed by atoms with van der Waals surface area (Å²) >= 11 is 6.15. The second kappa shape index (κ2) is 8.66. The highest BCUT2D eigenvalue weighted by Crippen LogP contribution is 2.25. The molecule has 1 atom stereocenters. The van der Waals surface area contributed by atoms with E-state index >= 15 is 0 Å². The van der Waals surface area contributed by atoms with Crippen molar-refractivity contribution in [3.63, 3.8) is 0 Å². The molecule has 29 heavy (non-hydrogen) atoms. The molecular formula is C24H23ClN2O2. The number of rotatable bonds is 4. The van der Waals surface area contributed by atoms with Crippen LogP contribution in [0.1, 0.15) is 18.4 Å². The Balaban J connectivity index is 1.43. The van der Waals surface area contributed by atoms with E-state index in [9.17, 15) is 9.59 Å². The van der Waals surface area contributed by atoms with Crippen molar-refractivity contribution in [3.8, 4) is 0 Å². The standard InChI is InChI=1S/C24H23ClN2O2/c25-21-12-3-4-13-22(21)26-24(29)19-10-6-14-27(16-19)23(28)15-18-9-5-8-17-7-1-2-11-20(17)18/h1-5,7-9,11-13,19H,6,10,14-16H2,(H,26,29). The van der Waals surface area contributed by atoms with Crippen molar-refractivity contribution in [3.05, 3.63) is 77.3 Å². The second-order valence-corrected chi connectivity index (χ2v) is 7.87. The highest BCUT2D eigenvalue weighted by atomic mass is 35.5. The van der Waals surface area contributed by atoms with Gasteiger partial charge in [-0.1, -0.05) is 66.2 Å². The smallest absolute Gasteiger partial charge is 0.229 e. The van der Waals surface area contributed by atoms with Crippen molar-refractivity contribution in [2.45, 2.75) is 19.3 Å². The highest BCUT2D eigenvalue weighted by molar-refractivity contribution is 6.33. The molecule has 0 spiro atoms. The fourth-order valence-corrected chi connectivity index (χ4v) is 4.12. The zero-order valence-electron chi connectivity index (χ0n) is 16.1. The van der Waals surface area contributed by atoms with E-state index in [-0.39, 0.29) is 17.7 Å². The van der Waals surface area contributed by atoms with Gasteiger partial charge >= 0.3 is 0 Å². The number of nitrogens with zero attached hydrogens (tertiary/aromatic N) is 1. The van der Waals surface area contributed by atoms with Crippen LogP contribution >= 0.6 is 11.6 Å². The number of piperidine rings is 1. The summed E-state index contributed by atoms with van der Waals surface area (Å²) in [7, 11) is 0. The van der Waals surface area contributed by atoms with Gasteiger partial charge in [-0.3, -0.25) is 9.59 Å². The summed E-state index contributed by atoms with van der Waals surface area (Å²) in [6.07, 6.45) is 1.94. The molecule has 1 aliphatic rings. The molecule has 4 nitrogen and oxygen atoms in total. The number of halogens is 1. The first kappa shape index (κ1) is 19.5. The van der Waals surface area contributed by atoms with E-state index < -0.39 is 0 Å². The average molecular weight is 407 g/mol. The zero-order valence-corrected chi connectivity index (χ0v) is 16.9. The first-order valence-corrected chi connectivity index (χ1v) is 10.3. The van der Waals surface area contributed by atoms with E-state index in [0.29, 0.717) is 30.2 Å². The molecule has 3 aromatic carbocycles. The monoisotopic (exact) mass is 406 g/mol. The fourth-order valence-electron chi connectivity index (χ4n) is 3.94. The third-order valence-corrected chi connectivity index (χ3v) is 5.83. The molecule has 5 heteroatoms. The molecule has 1 aliphatic heterocycles. The van der Waals surface area contributed by atoms with Gasteiger partial charge in [0.15, 0.2) is 0 Å². The lowest BCUT2D eigenvalue weighted by atomic mass is 9.95. The minimum absolute atomic E-state index is 0.0663. The number of fused-ring (bicyclic) bond motifs is 1. The average Bonchev–Trinajstić information content (AvgIpc) is 2.75. The van der Waals surface area contributed by atoms with Gasteiger partial charge in [0, 0.05) is 13.1 Å². The van der Waals surface area contributed by atoms with Crippen LogP contribution in [0.2, 0.25) is 5.02 Å². The number of anilines is 1. The van der Waals surface area contributed by atoms with Gasteiger partial charge in [0.05, 0.1) is 23.0 Å². The molecule has 1 fully saturated rings. The van der Waals surface area contributed by atoms with Crippen LogP contribution in [0.5, 0.6) is 0 Å². The topological polar surface area (TPSA) is 49.4 Å². The van der Waals surface area contributed by atoms with Crippen LogP contribution in [0.4, 0.5) is 5.69 Å². The molecule has 3 aromatic rings. The first-order valence-electron chi connectivity index (χ1n) is 9.91. The molecule has 1 heterocycles. The molecule has 0 bridgehead atoms. The summed E-state index contributed by atoms with van der Waals surface area (Å²) in [6.45, 7) is 1.14. The van der Waals surface area contributed by atoms with Crippen LogP contribution in [0.3, 0.4) is 0 Å². The Kier molecular flexibility index (Phi) is 5.81. The number of carbonyl (C=O) groups is 2. The SMILES string of the molecule is O=C(Nc1ccccc1Cl)C1CCCN(C(=O)Cc2cccc3ccccc23)C1. The van der Waals surface area contributed by atoms with E-state index in [1.807, 2.05) is 47.4 Å². The minimum Gasteiger partial charge on any atom is -0.342 e. The molecule has 1 N–H and O–H groups in total. The van der Waals surface area contributed by atoms with Gasteiger partial charge in [0.2, 0.25) is 11.8 Å². The van der Waals surface area contributed by atoms with Crippen molar-refractivity contribution in [1.29, 1.82) is 0 Å². The number of carbonyl (C=O) groups excluding carboxylic acids is 2. The predicted molar refractivity (Wildman–Crippen MR) is 117 cm³/mol. The first-order chi connectivity index (χ1) is 14.1. The van der Waals surface area contributed by atoms with Crippen LogP contribution in [0.25, 0.3) is 10.8 Å². The maximum Gasteiger partial charge on any atom is 0.229 e. The predicted octanol–water partition coefficient (Wildman–Crippen LogP) is 4.91. The molecular weight excluding hydrogens is 384 g/mol.